The molecule has 0 aliphatic rings. The topological polar surface area (TPSA) is 55.0 Å². The molecule has 0 saturated carbocycles. The zero-order valence-electron chi connectivity index (χ0n) is 9.47. The van der Waals surface area contributed by atoms with Crippen molar-refractivity contribution in [3.63, 3.8) is 0 Å². The number of benzene rings is 1. The van der Waals surface area contributed by atoms with E-state index in [1.807, 2.05) is 36.2 Å². The first-order chi connectivity index (χ1) is 8.15. The van der Waals surface area contributed by atoms with E-state index in [1.54, 1.807) is 0 Å². The van der Waals surface area contributed by atoms with Crippen molar-refractivity contribution in [1.82, 2.24) is 9.97 Å². The van der Waals surface area contributed by atoms with Gasteiger partial charge in [0.2, 0.25) is 5.95 Å². The van der Waals surface area contributed by atoms with Crippen molar-refractivity contribution >= 4 is 11.6 Å². The van der Waals surface area contributed by atoms with Crippen LogP contribution in [0, 0.1) is 5.82 Å². The maximum atomic E-state index is 12.7. The number of nitrogens with two attached hydrogens (primary N) is 1. The second-order valence-corrected chi connectivity index (χ2v) is 3.80. The number of rotatable bonds is 3. The molecule has 88 valence electrons. The molecule has 1 heterocycles. The second kappa shape index (κ2) is 4.78. The van der Waals surface area contributed by atoms with Crippen LogP contribution in [-0.2, 0) is 6.54 Å². The summed E-state index contributed by atoms with van der Waals surface area (Å²) in [5, 5.41) is 0. The van der Waals surface area contributed by atoms with Crippen LogP contribution in [-0.4, -0.2) is 17.0 Å². The number of nitrogen functional groups attached to an aromatic ring is 1. The van der Waals surface area contributed by atoms with Gasteiger partial charge < -0.3 is 10.6 Å². The molecule has 0 aliphatic carbocycles. The van der Waals surface area contributed by atoms with E-state index < -0.39 is 5.82 Å². The number of aromatic nitrogens is 2. The van der Waals surface area contributed by atoms with Crippen LogP contribution in [0.5, 0.6) is 0 Å². The molecule has 0 aliphatic heterocycles. The third kappa shape index (κ3) is 2.90. The molecule has 2 rings (SSSR count). The Morgan fingerprint density at radius 3 is 2.65 bits per heavy atom. The molecule has 1 aromatic heterocycles. The van der Waals surface area contributed by atoms with Gasteiger partial charge in [0, 0.05) is 19.3 Å². The summed E-state index contributed by atoms with van der Waals surface area (Å²) in [5.41, 5.74) is 7.47. The van der Waals surface area contributed by atoms with Crippen LogP contribution in [0.25, 0.3) is 0 Å². The lowest BCUT2D eigenvalue weighted by Gasteiger charge is -2.16. The van der Waals surface area contributed by atoms with Gasteiger partial charge in [-0.25, -0.2) is 14.4 Å². The summed E-state index contributed by atoms with van der Waals surface area (Å²) in [6.07, 6.45) is 2.30. The summed E-state index contributed by atoms with van der Waals surface area (Å²) < 4.78 is 12.7. The molecule has 0 amide bonds. The van der Waals surface area contributed by atoms with Crippen molar-refractivity contribution in [2.45, 2.75) is 6.54 Å². The van der Waals surface area contributed by atoms with Crippen LogP contribution in [0.1, 0.15) is 5.56 Å². The molecule has 2 N–H and O–H groups in total. The number of halogens is 1. The fourth-order valence-electron chi connectivity index (χ4n) is 1.54. The Morgan fingerprint density at radius 2 is 2.00 bits per heavy atom. The van der Waals surface area contributed by atoms with Crippen LogP contribution in [0.15, 0.2) is 36.7 Å². The summed E-state index contributed by atoms with van der Waals surface area (Å²) in [6, 6.07) is 7.58. The quantitative estimate of drug-likeness (QED) is 0.820. The van der Waals surface area contributed by atoms with Crippen LogP contribution in [0.4, 0.5) is 16.0 Å². The maximum absolute atomic E-state index is 12.7. The average molecular weight is 232 g/mol. The van der Waals surface area contributed by atoms with Gasteiger partial charge >= 0.3 is 0 Å². The summed E-state index contributed by atoms with van der Waals surface area (Å²) >= 11 is 0. The Hall–Kier alpha value is -2.17. The van der Waals surface area contributed by atoms with Crippen molar-refractivity contribution < 1.29 is 4.39 Å². The Kier molecular flexibility index (Phi) is 3.18. The Labute approximate surface area is 98.9 Å². The highest BCUT2D eigenvalue weighted by Gasteiger charge is 2.05. The molecule has 1 aromatic carbocycles. The Bertz CT molecular complexity index is 498. The molecule has 0 fully saturated rings. The summed E-state index contributed by atoms with van der Waals surface area (Å²) in [6.45, 7) is 0.622. The molecule has 0 atom stereocenters. The zero-order chi connectivity index (χ0) is 12.3. The predicted octanol–water partition coefficient (Wildman–Crippen LogP) is 1.83. The fraction of sp³-hybridized carbons (Fsp3) is 0.167. The van der Waals surface area contributed by atoms with E-state index in [-0.39, 0.29) is 0 Å². The van der Waals surface area contributed by atoms with Gasteiger partial charge in [-0.1, -0.05) is 12.1 Å². The van der Waals surface area contributed by atoms with Crippen molar-refractivity contribution in [3.05, 3.63) is 48.0 Å². The van der Waals surface area contributed by atoms with Crippen LogP contribution < -0.4 is 10.6 Å². The highest BCUT2D eigenvalue weighted by molar-refractivity contribution is 5.42. The van der Waals surface area contributed by atoms with E-state index in [0.717, 1.165) is 23.6 Å². The first-order valence-electron chi connectivity index (χ1n) is 5.18. The van der Waals surface area contributed by atoms with Gasteiger partial charge in [-0.05, 0) is 17.7 Å². The minimum atomic E-state index is -0.439. The second-order valence-electron chi connectivity index (χ2n) is 3.80. The van der Waals surface area contributed by atoms with Crippen LogP contribution >= 0.6 is 0 Å². The fourth-order valence-corrected chi connectivity index (χ4v) is 1.54. The van der Waals surface area contributed by atoms with Crippen molar-refractivity contribution in [2.24, 2.45) is 0 Å². The van der Waals surface area contributed by atoms with Gasteiger partial charge in [-0.3, -0.25) is 0 Å². The molecular formula is C12H13FN4. The zero-order valence-corrected chi connectivity index (χ0v) is 9.47. The average Bonchev–Trinajstić information content (AvgIpc) is 2.29. The Morgan fingerprint density at radius 1 is 1.29 bits per heavy atom. The standard InChI is InChI=1S/C12H13FN4/c1-17(12-15-6-10(13)7-16-12)8-9-3-2-4-11(14)5-9/h2-7H,8,14H2,1H3. The third-order valence-corrected chi connectivity index (χ3v) is 2.32. The SMILES string of the molecule is CN(Cc1cccc(N)c1)c1ncc(F)cn1. The molecule has 2 aromatic rings. The highest BCUT2D eigenvalue weighted by Crippen LogP contribution is 2.12. The van der Waals surface area contributed by atoms with Gasteiger partial charge in [0.1, 0.15) is 0 Å². The molecule has 4 nitrogen and oxygen atoms in total. The largest absolute Gasteiger partial charge is 0.399 e. The van der Waals surface area contributed by atoms with Crippen molar-refractivity contribution in [2.75, 3.05) is 17.7 Å². The first kappa shape index (κ1) is 11.3. The molecule has 17 heavy (non-hydrogen) atoms. The Balaban J connectivity index is 2.11. The lowest BCUT2D eigenvalue weighted by Crippen LogP contribution is -2.19. The molecule has 0 spiro atoms. The van der Waals surface area contributed by atoms with Crippen LogP contribution in [0.3, 0.4) is 0 Å². The minimum absolute atomic E-state index is 0.439. The van der Waals surface area contributed by atoms with E-state index in [2.05, 4.69) is 9.97 Å². The number of hydrogen-bond acceptors (Lipinski definition) is 4. The van der Waals surface area contributed by atoms with E-state index in [1.165, 1.54) is 0 Å². The summed E-state index contributed by atoms with van der Waals surface area (Å²) in [5.74, 6) is 0.0416. The van der Waals surface area contributed by atoms with Gasteiger partial charge in [-0.15, -0.1) is 0 Å². The maximum Gasteiger partial charge on any atom is 0.225 e. The molecule has 0 bridgehead atoms. The van der Waals surface area contributed by atoms with Gasteiger partial charge in [-0.2, -0.15) is 0 Å². The molecule has 0 unspecified atom stereocenters. The summed E-state index contributed by atoms with van der Waals surface area (Å²) in [4.78, 5) is 9.64. The predicted molar refractivity (Wildman–Crippen MR) is 65.0 cm³/mol. The van der Waals surface area contributed by atoms with Crippen molar-refractivity contribution in [1.29, 1.82) is 0 Å². The number of nitrogens with zero attached hydrogens (tertiary/aromatic N) is 3. The van der Waals surface area contributed by atoms with E-state index in [4.69, 9.17) is 5.73 Å². The molecule has 0 radical (unpaired) electrons. The first-order valence-corrected chi connectivity index (χ1v) is 5.18. The lowest BCUT2D eigenvalue weighted by molar-refractivity contribution is 0.612. The van der Waals surface area contributed by atoms with Gasteiger partial charge in [0.15, 0.2) is 5.82 Å². The molecule has 5 heteroatoms. The van der Waals surface area contributed by atoms with E-state index >= 15 is 0 Å². The van der Waals surface area contributed by atoms with Gasteiger partial charge in [0.05, 0.1) is 12.4 Å². The normalized spacial score (nSPS) is 10.2. The number of hydrogen-bond donors (Lipinski definition) is 1. The van der Waals surface area contributed by atoms with E-state index in [9.17, 15) is 4.39 Å². The van der Waals surface area contributed by atoms with Crippen molar-refractivity contribution in [3.8, 4) is 0 Å². The van der Waals surface area contributed by atoms with Gasteiger partial charge in [0.25, 0.3) is 0 Å². The molecule has 0 saturated heterocycles. The molecular weight excluding hydrogens is 219 g/mol. The highest BCUT2D eigenvalue weighted by atomic mass is 19.1. The lowest BCUT2D eigenvalue weighted by atomic mass is 10.2. The third-order valence-electron chi connectivity index (χ3n) is 2.32. The monoisotopic (exact) mass is 232 g/mol. The smallest absolute Gasteiger partial charge is 0.225 e. The summed E-state index contributed by atoms with van der Waals surface area (Å²) in [7, 11) is 1.84. The number of anilines is 2. The van der Waals surface area contributed by atoms with E-state index in [0.29, 0.717) is 12.5 Å². The minimum Gasteiger partial charge on any atom is -0.399 e. The van der Waals surface area contributed by atoms with Crippen LogP contribution in [0.2, 0.25) is 0 Å².